The molecule has 0 aromatic heterocycles. The molecule has 114 valence electrons. The Morgan fingerprint density at radius 1 is 0.850 bits per heavy atom. The van der Waals surface area contributed by atoms with Crippen molar-refractivity contribution in [2.24, 2.45) is 16.7 Å². The van der Waals surface area contributed by atoms with E-state index in [1.54, 1.807) is 0 Å². The Balaban J connectivity index is 3.15. The van der Waals surface area contributed by atoms with Crippen LogP contribution in [0.15, 0.2) is 30.3 Å². The lowest BCUT2D eigenvalue weighted by Gasteiger charge is -2.52. The first-order valence-corrected chi connectivity index (χ1v) is 8.41. The van der Waals surface area contributed by atoms with Crippen LogP contribution < -0.4 is 0 Å². The Morgan fingerprint density at radius 2 is 1.35 bits per heavy atom. The molecule has 0 saturated heterocycles. The maximum Gasteiger partial charge on any atom is -0.0159 e. The quantitative estimate of drug-likeness (QED) is 0.521. The molecule has 2 unspecified atom stereocenters. The van der Waals surface area contributed by atoms with Gasteiger partial charge in [0.1, 0.15) is 0 Å². The van der Waals surface area contributed by atoms with Gasteiger partial charge >= 0.3 is 0 Å². The van der Waals surface area contributed by atoms with Crippen molar-refractivity contribution in [3.63, 3.8) is 0 Å². The molecule has 0 saturated carbocycles. The van der Waals surface area contributed by atoms with Gasteiger partial charge in [-0.1, -0.05) is 85.2 Å². The molecule has 1 aromatic carbocycles. The van der Waals surface area contributed by atoms with Crippen molar-refractivity contribution in [1.29, 1.82) is 0 Å². The molecule has 20 heavy (non-hydrogen) atoms. The van der Waals surface area contributed by atoms with E-state index in [1.807, 2.05) is 0 Å². The van der Waals surface area contributed by atoms with E-state index in [2.05, 4.69) is 78.8 Å². The van der Waals surface area contributed by atoms with Crippen LogP contribution in [0.1, 0.15) is 79.2 Å². The molecule has 0 nitrogen and oxygen atoms in total. The average molecular weight is 274 g/mol. The van der Waals surface area contributed by atoms with Crippen molar-refractivity contribution in [2.75, 3.05) is 0 Å². The maximum absolute atomic E-state index is 2.47. The molecule has 0 bridgehead atoms. The summed E-state index contributed by atoms with van der Waals surface area (Å²) in [7, 11) is 0. The van der Waals surface area contributed by atoms with E-state index in [0.717, 1.165) is 0 Å². The van der Waals surface area contributed by atoms with Crippen LogP contribution in [0.5, 0.6) is 0 Å². The van der Waals surface area contributed by atoms with Gasteiger partial charge in [-0.15, -0.1) is 0 Å². The molecule has 0 aliphatic carbocycles. The standard InChI is InChI=1S/C20H34/c1-8-19(6,7)20(9-2,10-3)17(5)16(4)18-14-12-11-13-15-18/h11-17H,8-10H2,1-7H3. The summed E-state index contributed by atoms with van der Waals surface area (Å²) < 4.78 is 0. The Morgan fingerprint density at radius 3 is 1.75 bits per heavy atom. The minimum absolute atomic E-state index is 0.388. The summed E-state index contributed by atoms with van der Waals surface area (Å²) in [6.07, 6.45) is 3.78. The lowest BCUT2D eigenvalue weighted by molar-refractivity contribution is -0.0134. The Hall–Kier alpha value is -0.780. The second kappa shape index (κ2) is 6.78. The van der Waals surface area contributed by atoms with E-state index in [9.17, 15) is 0 Å². The van der Waals surface area contributed by atoms with Crippen LogP contribution in [-0.4, -0.2) is 0 Å². The van der Waals surface area contributed by atoms with Gasteiger partial charge in [0.15, 0.2) is 0 Å². The summed E-state index contributed by atoms with van der Waals surface area (Å²) in [6, 6.07) is 11.0. The highest BCUT2D eigenvalue weighted by Crippen LogP contribution is 2.55. The van der Waals surface area contributed by atoms with Crippen LogP contribution in [0.25, 0.3) is 0 Å². The predicted molar refractivity (Wildman–Crippen MR) is 91.1 cm³/mol. The van der Waals surface area contributed by atoms with Crippen LogP contribution in [0.3, 0.4) is 0 Å². The highest BCUT2D eigenvalue weighted by Gasteiger charge is 2.46. The fraction of sp³-hybridized carbons (Fsp3) is 0.700. The van der Waals surface area contributed by atoms with E-state index >= 15 is 0 Å². The van der Waals surface area contributed by atoms with Crippen molar-refractivity contribution < 1.29 is 0 Å². The van der Waals surface area contributed by atoms with Gasteiger partial charge in [-0.05, 0) is 41.1 Å². The van der Waals surface area contributed by atoms with Gasteiger partial charge in [0.05, 0.1) is 0 Å². The topological polar surface area (TPSA) is 0 Å². The number of benzene rings is 1. The third kappa shape index (κ3) is 2.95. The molecule has 0 spiro atoms. The SMILES string of the molecule is CCC(C)(C)C(CC)(CC)C(C)C(C)c1ccccc1. The highest BCUT2D eigenvalue weighted by atomic mass is 14.5. The molecule has 0 heteroatoms. The lowest BCUT2D eigenvalue weighted by atomic mass is 9.53. The minimum Gasteiger partial charge on any atom is -0.0649 e. The molecule has 1 rings (SSSR count). The van der Waals surface area contributed by atoms with E-state index in [-0.39, 0.29) is 0 Å². The summed E-state index contributed by atoms with van der Waals surface area (Å²) >= 11 is 0. The zero-order chi connectivity index (χ0) is 15.4. The summed E-state index contributed by atoms with van der Waals surface area (Å²) in [5.74, 6) is 1.30. The normalized spacial score (nSPS) is 15.9. The fourth-order valence-corrected chi connectivity index (χ4v) is 4.34. The molecule has 0 heterocycles. The number of hydrogen-bond acceptors (Lipinski definition) is 0. The molecule has 0 aliphatic heterocycles. The van der Waals surface area contributed by atoms with Crippen LogP contribution in [0.2, 0.25) is 0 Å². The Bertz CT molecular complexity index is 384. The van der Waals surface area contributed by atoms with Gasteiger partial charge in [0.25, 0.3) is 0 Å². The smallest absolute Gasteiger partial charge is 0.0159 e. The van der Waals surface area contributed by atoms with Gasteiger partial charge in [-0.2, -0.15) is 0 Å². The third-order valence-corrected chi connectivity index (χ3v) is 6.44. The molecular weight excluding hydrogens is 240 g/mol. The van der Waals surface area contributed by atoms with Gasteiger partial charge in [-0.3, -0.25) is 0 Å². The molecule has 1 aromatic rings. The van der Waals surface area contributed by atoms with Crippen LogP contribution in [0, 0.1) is 16.7 Å². The van der Waals surface area contributed by atoms with Gasteiger partial charge in [0.2, 0.25) is 0 Å². The van der Waals surface area contributed by atoms with Gasteiger partial charge in [0, 0.05) is 0 Å². The van der Waals surface area contributed by atoms with Gasteiger partial charge < -0.3 is 0 Å². The second-order valence-electron chi connectivity index (χ2n) is 7.09. The van der Waals surface area contributed by atoms with Crippen molar-refractivity contribution in [2.45, 2.75) is 73.6 Å². The third-order valence-electron chi connectivity index (χ3n) is 6.44. The molecule has 2 atom stereocenters. The van der Waals surface area contributed by atoms with Gasteiger partial charge in [-0.25, -0.2) is 0 Å². The zero-order valence-electron chi connectivity index (χ0n) is 14.7. The largest absolute Gasteiger partial charge is 0.0649 e. The van der Waals surface area contributed by atoms with Crippen LogP contribution >= 0.6 is 0 Å². The number of rotatable bonds is 7. The average Bonchev–Trinajstić information content (AvgIpc) is 2.48. The number of hydrogen-bond donors (Lipinski definition) is 0. The van der Waals surface area contributed by atoms with E-state index in [0.29, 0.717) is 22.7 Å². The zero-order valence-corrected chi connectivity index (χ0v) is 14.7. The first kappa shape index (κ1) is 17.3. The summed E-state index contributed by atoms with van der Waals surface area (Å²) in [5, 5.41) is 0. The first-order valence-electron chi connectivity index (χ1n) is 8.41. The van der Waals surface area contributed by atoms with E-state index < -0.39 is 0 Å². The van der Waals surface area contributed by atoms with E-state index in [4.69, 9.17) is 0 Å². The molecule has 0 fully saturated rings. The molecule has 0 amide bonds. The van der Waals surface area contributed by atoms with Crippen molar-refractivity contribution >= 4 is 0 Å². The minimum atomic E-state index is 0.388. The van der Waals surface area contributed by atoms with Crippen molar-refractivity contribution in [1.82, 2.24) is 0 Å². The predicted octanol–water partition coefficient (Wildman–Crippen LogP) is 6.67. The summed E-state index contributed by atoms with van der Waals surface area (Å²) in [4.78, 5) is 0. The Kier molecular flexibility index (Phi) is 5.86. The summed E-state index contributed by atoms with van der Waals surface area (Å²) in [5.41, 5.74) is 2.29. The molecule has 0 N–H and O–H groups in total. The maximum atomic E-state index is 2.47. The molecular formula is C20H34. The highest BCUT2D eigenvalue weighted by molar-refractivity contribution is 5.20. The fourth-order valence-electron chi connectivity index (χ4n) is 4.34. The van der Waals surface area contributed by atoms with Crippen LogP contribution in [-0.2, 0) is 0 Å². The van der Waals surface area contributed by atoms with Crippen molar-refractivity contribution in [3.05, 3.63) is 35.9 Å². The monoisotopic (exact) mass is 274 g/mol. The van der Waals surface area contributed by atoms with Crippen LogP contribution in [0.4, 0.5) is 0 Å². The second-order valence-corrected chi connectivity index (χ2v) is 7.09. The molecule has 0 aliphatic rings. The van der Waals surface area contributed by atoms with Crippen molar-refractivity contribution in [3.8, 4) is 0 Å². The summed E-state index contributed by atoms with van der Waals surface area (Å²) in [6.45, 7) is 16.9. The Labute approximate surface area is 127 Å². The van der Waals surface area contributed by atoms with E-state index in [1.165, 1.54) is 24.8 Å². The first-order chi connectivity index (χ1) is 9.36. The lowest BCUT2D eigenvalue weighted by Crippen LogP contribution is -2.43. The molecule has 0 radical (unpaired) electrons.